The third kappa shape index (κ3) is 4.18. The maximum atomic E-state index is 11.0. The Labute approximate surface area is 130 Å². The van der Waals surface area contributed by atoms with Gasteiger partial charge in [-0.05, 0) is 17.7 Å². The summed E-state index contributed by atoms with van der Waals surface area (Å²) in [5.41, 5.74) is 0.904. The van der Waals surface area contributed by atoms with Crippen LogP contribution >= 0.6 is 23.4 Å². The van der Waals surface area contributed by atoms with Crippen molar-refractivity contribution in [1.82, 2.24) is 5.32 Å². The monoisotopic (exact) mass is 331 g/mol. The van der Waals surface area contributed by atoms with E-state index in [9.17, 15) is 9.59 Å². The third-order valence-electron chi connectivity index (χ3n) is 2.72. The lowest BCUT2D eigenvalue weighted by atomic mass is 10.2. The summed E-state index contributed by atoms with van der Waals surface area (Å²) in [7, 11) is 0. The van der Waals surface area contributed by atoms with E-state index in [1.54, 1.807) is 6.07 Å². The van der Waals surface area contributed by atoms with Crippen LogP contribution in [0.3, 0.4) is 0 Å². The maximum absolute atomic E-state index is 11.0. The Kier molecular flexibility index (Phi) is 5.19. The van der Waals surface area contributed by atoms with Gasteiger partial charge in [0.15, 0.2) is 11.5 Å². The van der Waals surface area contributed by atoms with Crippen LogP contribution in [0.1, 0.15) is 12.5 Å². The molecule has 1 amide bonds. The second-order valence-electron chi connectivity index (χ2n) is 4.42. The van der Waals surface area contributed by atoms with Crippen LogP contribution in [0.4, 0.5) is 0 Å². The Morgan fingerprint density at radius 1 is 1.48 bits per heavy atom. The van der Waals surface area contributed by atoms with Gasteiger partial charge in [-0.3, -0.25) is 4.79 Å². The molecule has 6 nitrogen and oxygen atoms in total. The molecular formula is C13H14ClNO5S. The number of aliphatic carboxylic acids is 1. The first kappa shape index (κ1) is 15.8. The molecule has 0 radical (unpaired) electrons. The lowest BCUT2D eigenvalue weighted by molar-refractivity contribution is -0.140. The number of nitrogens with one attached hydrogen (secondary N) is 1. The molecule has 0 aliphatic carbocycles. The second kappa shape index (κ2) is 6.91. The average molecular weight is 332 g/mol. The number of ether oxygens (including phenoxy) is 2. The molecule has 21 heavy (non-hydrogen) atoms. The van der Waals surface area contributed by atoms with Gasteiger partial charge in [0.1, 0.15) is 6.04 Å². The second-order valence-corrected chi connectivity index (χ2v) is 5.86. The molecule has 0 aromatic heterocycles. The molecular weight excluding hydrogens is 318 g/mol. The van der Waals surface area contributed by atoms with Crippen LogP contribution in [0.2, 0.25) is 5.02 Å². The fourth-order valence-electron chi connectivity index (χ4n) is 1.82. The summed E-state index contributed by atoms with van der Waals surface area (Å²) in [6.07, 6.45) is 0. The first-order valence-corrected chi connectivity index (χ1v) is 7.66. The van der Waals surface area contributed by atoms with E-state index in [0.29, 0.717) is 22.3 Å². The molecule has 8 heteroatoms. The van der Waals surface area contributed by atoms with E-state index in [2.05, 4.69) is 5.32 Å². The number of carbonyl (C=O) groups excluding carboxylic acids is 1. The van der Waals surface area contributed by atoms with Crippen LogP contribution in [0, 0.1) is 0 Å². The fourth-order valence-corrected chi connectivity index (χ4v) is 3.09. The molecule has 1 atom stereocenters. The Morgan fingerprint density at radius 3 is 2.90 bits per heavy atom. The molecule has 114 valence electrons. The van der Waals surface area contributed by atoms with Crippen molar-refractivity contribution in [2.45, 2.75) is 18.7 Å². The number of fused-ring (bicyclic) bond motifs is 1. The molecule has 1 aliphatic heterocycles. The SMILES string of the molecule is CC(=O)NC(CSCc1cc(Cl)c2c(c1)OCO2)C(=O)O. The Hall–Kier alpha value is -1.60. The molecule has 1 aromatic rings. The molecule has 1 aromatic carbocycles. The van der Waals surface area contributed by atoms with Crippen LogP contribution in [0.5, 0.6) is 11.5 Å². The fraction of sp³-hybridized carbons (Fsp3) is 0.385. The number of amides is 1. The first-order valence-electron chi connectivity index (χ1n) is 6.13. The predicted octanol–water partition coefficient (Wildman–Crippen LogP) is 1.89. The van der Waals surface area contributed by atoms with E-state index in [1.807, 2.05) is 6.07 Å². The van der Waals surface area contributed by atoms with Crippen molar-refractivity contribution in [3.05, 3.63) is 22.7 Å². The zero-order valence-corrected chi connectivity index (χ0v) is 12.8. The normalized spacial score (nSPS) is 13.8. The van der Waals surface area contributed by atoms with Crippen molar-refractivity contribution in [2.75, 3.05) is 12.5 Å². The Bertz CT molecular complexity index is 566. The number of carbonyl (C=O) groups is 2. The van der Waals surface area contributed by atoms with Gasteiger partial charge in [0.05, 0.1) is 5.02 Å². The van der Waals surface area contributed by atoms with Gasteiger partial charge in [0, 0.05) is 18.4 Å². The maximum Gasteiger partial charge on any atom is 0.327 e. The topological polar surface area (TPSA) is 84.9 Å². The number of rotatable bonds is 6. The highest BCUT2D eigenvalue weighted by atomic mass is 35.5. The number of carboxylic acids is 1. The number of thioether (sulfide) groups is 1. The number of hydrogen-bond donors (Lipinski definition) is 2. The van der Waals surface area contributed by atoms with Crippen molar-refractivity contribution in [3.63, 3.8) is 0 Å². The lowest BCUT2D eigenvalue weighted by Crippen LogP contribution is -2.41. The minimum Gasteiger partial charge on any atom is -0.480 e. The zero-order valence-electron chi connectivity index (χ0n) is 11.2. The van der Waals surface area contributed by atoms with E-state index >= 15 is 0 Å². The average Bonchev–Trinajstić information content (AvgIpc) is 2.85. The van der Waals surface area contributed by atoms with Gasteiger partial charge in [-0.2, -0.15) is 11.8 Å². The number of benzene rings is 1. The van der Waals surface area contributed by atoms with E-state index in [0.717, 1.165) is 5.56 Å². The minimum atomic E-state index is -1.05. The van der Waals surface area contributed by atoms with Crippen LogP contribution in [-0.4, -0.2) is 35.6 Å². The molecule has 1 heterocycles. The summed E-state index contributed by atoms with van der Waals surface area (Å²) in [5.74, 6) is 0.526. The summed E-state index contributed by atoms with van der Waals surface area (Å²) >= 11 is 7.46. The van der Waals surface area contributed by atoms with E-state index in [1.165, 1.54) is 18.7 Å². The van der Waals surface area contributed by atoms with Crippen molar-refractivity contribution in [3.8, 4) is 11.5 Å². The van der Waals surface area contributed by atoms with E-state index in [4.69, 9.17) is 26.2 Å². The molecule has 0 spiro atoms. The third-order valence-corrected chi connectivity index (χ3v) is 4.10. The molecule has 0 fully saturated rings. The van der Waals surface area contributed by atoms with E-state index in [-0.39, 0.29) is 18.5 Å². The predicted molar refractivity (Wildman–Crippen MR) is 79.0 cm³/mol. The van der Waals surface area contributed by atoms with Crippen molar-refractivity contribution in [1.29, 1.82) is 0 Å². The van der Waals surface area contributed by atoms with Gasteiger partial charge in [0.25, 0.3) is 0 Å². The molecule has 2 N–H and O–H groups in total. The summed E-state index contributed by atoms with van der Waals surface area (Å²) < 4.78 is 10.5. The van der Waals surface area contributed by atoms with Crippen molar-refractivity contribution >= 4 is 35.2 Å². The largest absolute Gasteiger partial charge is 0.480 e. The minimum absolute atomic E-state index is 0.148. The zero-order chi connectivity index (χ0) is 15.4. The summed E-state index contributed by atoms with van der Waals surface area (Å²) in [5, 5.41) is 11.9. The highest BCUT2D eigenvalue weighted by Gasteiger charge is 2.20. The molecule has 0 bridgehead atoms. The number of halogens is 1. The van der Waals surface area contributed by atoms with E-state index < -0.39 is 12.0 Å². The summed E-state index contributed by atoms with van der Waals surface area (Å²) in [4.78, 5) is 21.9. The van der Waals surface area contributed by atoms with Gasteiger partial charge >= 0.3 is 5.97 Å². The van der Waals surface area contributed by atoms with Crippen LogP contribution in [-0.2, 0) is 15.3 Å². The lowest BCUT2D eigenvalue weighted by Gasteiger charge is -2.13. The van der Waals surface area contributed by atoms with Crippen LogP contribution in [0.25, 0.3) is 0 Å². The standard InChI is InChI=1S/C13H14ClNO5S/c1-7(16)15-10(13(17)18)5-21-4-8-2-9(14)12-11(3-8)19-6-20-12/h2-3,10H,4-6H2,1H3,(H,15,16)(H,17,18). The van der Waals surface area contributed by atoms with Crippen LogP contribution in [0.15, 0.2) is 12.1 Å². The Balaban J connectivity index is 1.92. The smallest absolute Gasteiger partial charge is 0.327 e. The van der Waals surface area contributed by atoms with Crippen molar-refractivity contribution in [2.24, 2.45) is 0 Å². The molecule has 2 rings (SSSR count). The summed E-state index contributed by atoms with van der Waals surface area (Å²) in [6.45, 7) is 1.44. The van der Waals surface area contributed by atoms with Gasteiger partial charge in [-0.25, -0.2) is 4.79 Å². The van der Waals surface area contributed by atoms with Crippen LogP contribution < -0.4 is 14.8 Å². The molecule has 1 unspecified atom stereocenters. The Morgan fingerprint density at radius 2 is 2.24 bits per heavy atom. The quantitative estimate of drug-likeness (QED) is 0.828. The van der Waals surface area contributed by atoms with Gasteiger partial charge in [-0.1, -0.05) is 11.6 Å². The summed E-state index contributed by atoms with van der Waals surface area (Å²) in [6, 6.07) is 2.67. The van der Waals surface area contributed by atoms with Gasteiger partial charge in [0.2, 0.25) is 12.7 Å². The number of hydrogen-bond acceptors (Lipinski definition) is 5. The highest BCUT2D eigenvalue weighted by molar-refractivity contribution is 7.98. The highest BCUT2D eigenvalue weighted by Crippen LogP contribution is 2.40. The first-order chi connectivity index (χ1) is 9.97. The molecule has 1 aliphatic rings. The number of carboxylic acid groups (broad SMARTS) is 1. The van der Waals surface area contributed by atoms with Crippen molar-refractivity contribution < 1.29 is 24.2 Å². The molecule has 0 saturated heterocycles. The van der Waals surface area contributed by atoms with Gasteiger partial charge < -0.3 is 19.9 Å². The van der Waals surface area contributed by atoms with Gasteiger partial charge in [-0.15, -0.1) is 0 Å². The molecule has 0 saturated carbocycles.